The summed E-state index contributed by atoms with van der Waals surface area (Å²) in [5.41, 5.74) is 6.60. The smallest absolute Gasteiger partial charge is 0.312 e. The molecule has 1 rings (SSSR count). The van der Waals surface area contributed by atoms with Gasteiger partial charge >= 0.3 is 6.03 Å². The zero-order valence-corrected chi connectivity index (χ0v) is 10.6. The van der Waals surface area contributed by atoms with Crippen LogP contribution in [0.15, 0.2) is 18.2 Å². The third-order valence-corrected chi connectivity index (χ3v) is 2.43. The van der Waals surface area contributed by atoms with Crippen LogP contribution in [0.25, 0.3) is 0 Å². The van der Waals surface area contributed by atoms with Crippen LogP contribution in [-0.2, 0) is 4.79 Å². The van der Waals surface area contributed by atoms with Crippen LogP contribution < -0.4 is 16.4 Å². The summed E-state index contributed by atoms with van der Waals surface area (Å²) in [4.78, 5) is 26.4. The van der Waals surface area contributed by atoms with Crippen molar-refractivity contribution in [1.82, 2.24) is 15.6 Å². The van der Waals surface area contributed by atoms with Gasteiger partial charge in [-0.3, -0.25) is 9.78 Å². The number of pyridine rings is 1. The minimum absolute atomic E-state index is 0.127. The Labute approximate surface area is 106 Å². The van der Waals surface area contributed by atoms with E-state index in [0.29, 0.717) is 0 Å². The molecule has 0 aliphatic heterocycles. The summed E-state index contributed by atoms with van der Waals surface area (Å²) < 4.78 is 0. The van der Waals surface area contributed by atoms with Gasteiger partial charge in [0, 0.05) is 5.69 Å². The van der Waals surface area contributed by atoms with Crippen molar-refractivity contribution >= 4 is 11.9 Å². The van der Waals surface area contributed by atoms with Crippen LogP contribution in [0.4, 0.5) is 4.79 Å². The van der Waals surface area contributed by atoms with Gasteiger partial charge in [-0.2, -0.15) is 0 Å². The second-order valence-electron chi connectivity index (χ2n) is 3.95. The number of nitrogens with two attached hydrogens (primary N) is 1. The Morgan fingerprint density at radius 2 is 2.17 bits per heavy atom. The lowest BCUT2D eigenvalue weighted by atomic mass is 10.1. The molecule has 0 bridgehead atoms. The van der Waals surface area contributed by atoms with Gasteiger partial charge in [0.1, 0.15) is 0 Å². The number of rotatable bonds is 5. The Kier molecular flexibility index (Phi) is 5.10. The number of hydrogen-bond acceptors (Lipinski definition) is 3. The van der Waals surface area contributed by atoms with Gasteiger partial charge in [0.2, 0.25) is 5.91 Å². The van der Waals surface area contributed by atoms with Crippen molar-refractivity contribution in [2.24, 2.45) is 5.73 Å². The van der Waals surface area contributed by atoms with Crippen LogP contribution >= 0.6 is 0 Å². The molecule has 0 aliphatic carbocycles. The highest BCUT2D eigenvalue weighted by atomic mass is 16.2. The zero-order valence-electron chi connectivity index (χ0n) is 10.6. The molecule has 1 atom stereocenters. The Bertz CT molecular complexity index is 434. The standard InChI is InChI=1S/C12H18N4O2/c1-3-9(10-6-4-5-8(2)15-10)16-11(17)7-14-12(13)18/h4-6,9H,3,7H2,1-2H3,(H,16,17)(H3,13,14,18)/t9-/m1/s1. The molecule has 0 unspecified atom stereocenters. The van der Waals surface area contributed by atoms with Crippen molar-refractivity contribution in [3.8, 4) is 0 Å². The van der Waals surface area contributed by atoms with Crippen LogP contribution in [0.1, 0.15) is 30.8 Å². The van der Waals surface area contributed by atoms with Crippen LogP contribution in [-0.4, -0.2) is 23.5 Å². The molecule has 0 fully saturated rings. The Hall–Kier alpha value is -2.11. The van der Waals surface area contributed by atoms with E-state index in [2.05, 4.69) is 15.6 Å². The fourth-order valence-electron chi connectivity index (χ4n) is 1.56. The van der Waals surface area contributed by atoms with Gasteiger partial charge in [-0.1, -0.05) is 13.0 Å². The van der Waals surface area contributed by atoms with E-state index in [4.69, 9.17) is 5.73 Å². The summed E-state index contributed by atoms with van der Waals surface area (Å²) in [7, 11) is 0. The quantitative estimate of drug-likeness (QED) is 0.714. The maximum Gasteiger partial charge on any atom is 0.312 e. The first kappa shape index (κ1) is 14.0. The molecule has 4 N–H and O–H groups in total. The van der Waals surface area contributed by atoms with E-state index in [1.54, 1.807) is 0 Å². The largest absolute Gasteiger partial charge is 0.352 e. The van der Waals surface area contributed by atoms with E-state index in [9.17, 15) is 9.59 Å². The average molecular weight is 250 g/mol. The SMILES string of the molecule is CC[C@@H](NC(=O)CNC(N)=O)c1cccc(C)n1. The number of nitrogens with zero attached hydrogens (tertiary/aromatic N) is 1. The number of aromatic nitrogens is 1. The molecule has 0 saturated heterocycles. The third-order valence-electron chi connectivity index (χ3n) is 2.43. The summed E-state index contributed by atoms with van der Waals surface area (Å²) in [5.74, 6) is -0.288. The Balaban J connectivity index is 2.62. The van der Waals surface area contributed by atoms with Gasteiger partial charge in [-0.25, -0.2) is 4.79 Å². The van der Waals surface area contributed by atoms with Crippen LogP contribution in [0.2, 0.25) is 0 Å². The second-order valence-corrected chi connectivity index (χ2v) is 3.95. The fourth-order valence-corrected chi connectivity index (χ4v) is 1.56. The summed E-state index contributed by atoms with van der Waals surface area (Å²) in [5, 5.41) is 5.04. The zero-order chi connectivity index (χ0) is 13.5. The number of aryl methyl sites for hydroxylation is 1. The molecule has 18 heavy (non-hydrogen) atoms. The molecule has 98 valence electrons. The third kappa shape index (κ3) is 4.40. The van der Waals surface area contributed by atoms with Crippen molar-refractivity contribution in [3.05, 3.63) is 29.6 Å². The molecule has 0 aliphatic rings. The molecular formula is C12H18N4O2. The van der Waals surface area contributed by atoms with Gasteiger partial charge in [-0.15, -0.1) is 0 Å². The maximum atomic E-state index is 11.6. The Morgan fingerprint density at radius 1 is 1.44 bits per heavy atom. The molecule has 1 aromatic heterocycles. The average Bonchev–Trinajstić information content (AvgIpc) is 2.33. The molecule has 6 nitrogen and oxygen atoms in total. The molecule has 0 aromatic carbocycles. The van der Waals surface area contributed by atoms with Gasteiger partial charge in [-0.05, 0) is 25.5 Å². The van der Waals surface area contributed by atoms with Gasteiger partial charge in [0.15, 0.2) is 0 Å². The van der Waals surface area contributed by atoms with E-state index in [-0.39, 0.29) is 18.5 Å². The van der Waals surface area contributed by atoms with E-state index < -0.39 is 6.03 Å². The van der Waals surface area contributed by atoms with Gasteiger partial charge < -0.3 is 16.4 Å². The monoisotopic (exact) mass is 250 g/mol. The summed E-state index contributed by atoms with van der Waals surface area (Å²) in [6, 6.07) is 4.78. The number of amides is 3. The molecule has 6 heteroatoms. The van der Waals surface area contributed by atoms with Crippen LogP contribution in [0.3, 0.4) is 0 Å². The minimum atomic E-state index is -0.716. The highest BCUT2D eigenvalue weighted by Gasteiger charge is 2.14. The number of primary amides is 1. The van der Waals surface area contributed by atoms with Gasteiger partial charge in [0.25, 0.3) is 0 Å². The highest BCUT2D eigenvalue weighted by Crippen LogP contribution is 2.14. The first-order chi connectivity index (χ1) is 8.52. The number of carbonyl (C=O) groups excluding carboxylic acids is 2. The molecule has 1 aromatic rings. The van der Waals surface area contributed by atoms with Crippen LogP contribution in [0.5, 0.6) is 0 Å². The first-order valence-electron chi connectivity index (χ1n) is 5.79. The van der Waals surface area contributed by atoms with Crippen molar-refractivity contribution in [3.63, 3.8) is 0 Å². The van der Waals surface area contributed by atoms with E-state index in [1.165, 1.54) is 0 Å². The molecular weight excluding hydrogens is 232 g/mol. The van der Waals surface area contributed by atoms with E-state index >= 15 is 0 Å². The molecule has 0 radical (unpaired) electrons. The van der Waals surface area contributed by atoms with E-state index in [0.717, 1.165) is 17.8 Å². The highest BCUT2D eigenvalue weighted by molar-refractivity contribution is 5.83. The van der Waals surface area contributed by atoms with Crippen molar-refractivity contribution < 1.29 is 9.59 Å². The minimum Gasteiger partial charge on any atom is -0.352 e. The molecule has 0 saturated carbocycles. The number of nitrogens with one attached hydrogen (secondary N) is 2. The number of hydrogen-bond donors (Lipinski definition) is 3. The van der Waals surface area contributed by atoms with Gasteiger partial charge in [0.05, 0.1) is 18.3 Å². The summed E-state index contributed by atoms with van der Waals surface area (Å²) in [6.07, 6.45) is 0.721. The summed E-state index contributed by atoms with van der Waals surface area (Å²) in [6.45, 7) is 3.72. The molecule has 0 spiro atoms. The maximum absolute atomic E-state index is 11.6. The number of urea groups is 1. The number of carbonyl (C=O) groups is 2. The predicted octanol–water partition coefficient (Wildman–Crippen LogP) is 0.626. The first-order valence-corrected chi connectivity index (χ1v) is 5.79. The van der Waals surface area contributed by atoms with Crippen molar-refractivity contribution in [1.29, 1.82) is 0 Å². The topological polar surface area (TPSA) is 97.1 Å². The Morgan fingerprint density at radius 3 is 2.72 bits per heavy atom. The van der Waals surface area contributed by atoms with Crippen molar-refractivity contribution in [2.75, 3.05) is 6.54 Å². The fraction of sp³-hybridized carbons (Fsp3) is 0.417. The van der Waals surface area contributed by atoms with Crippen molar-refractivity contribution in [2.45, 2.75) is 26.3 Å². The normalized spacial score (nSPS) is 11.7. The predicted molar refractivity (Wildman–Crippen MR) is 67.7 cm³/mol. The van der Waals surface area contributed by atoms with Crippen LogP contribution in [0, 0.1) is 6.92 Å². The second kappa shape index (κ2) is 6.58. The van der Waals surface area contributed by atoms with E-state index in [1.807, 2.05) is 32.0 Å². The lowest BCUT2D eigenvalue weighted by Gasteiger charge is -2.16. The molecule has 3 amide bonds. The molecule has 1 heterocycles. The summed E-state index contributed by atoms with van der Waals surface area (Å²) >= 11 is 0. The lowest BCUT2D eigenvalue weighted by molar-refractivity contribution is -0.120. The lowest BCUT2D eigenvalue weighted by Crippen LogP contribution is -2.40.